The minimum atomic E-state index is -1.48. The SMILES string of the molecule is COc1ccc2ncc(CO)c([C@@H](O)CCC3(CO)CCN(CCNc4cc(F)c(F)c(F)c4)CC3)c2c1. The zero-order valence-electron chi connectivity index (χ0n) is 21.4. The fraction of sp³-hybridized carbons (Fsp3) is 0.464. The van der Waals surface area contributed by atoms with Gasteiger partial charge in [-0.25, -0.2) is 13.2 Å². The highest BCUT2D eigenvalue weighted by molar-refractivity contribution is 5.85. The van der Waals surface area contributed by atoms with E-state index in [-0.39, 0.29) is 24.3 Å². The number of benzene rings is 2. The minimum absolute atomic E-state index is 0.00227. The lowest BCUT2D eigenvalue weighted by Gasteiger charge is -2.41. The Balaban J connectivity index is 1.34. The molecule has 0 aliphatic carbocycles. The Morgan fingerprint density at radius 2 is 1.82 bits per heavy atom. The molecule has 0 unspecified atom stereocenters. The minimum Gasteiger partial charge on any atom is -0.497 e. The number of rotatable bonds is 11. The highest BCUT2D eigenvalue weighted by atomic mass is 19.2. The molecule has 1 saturated heterocycles. The maximum atomic E-state index is 13.4. The number of nitrogens with one attached hydrogen (secondary N) is 1. The number of aromatic nitrogens is 1. The Hall–Kier alpha value is -2.92. The van der Waals surface area contributed by atoms with Crippen molar-refractivity contribution < 1.29 is 33.2 Å². The van der Waals surface area contributed by atoms with Crippen LogP contribution in [0, 0.1) is 22.9 Å². The topological polar surface area (TPSA) is 98.1 Å². The molecular formula is C28H34F3N3O4. The van der Waals surface area contributed by atoms with Crippen molar-refractivity contribution in [3.8, 4) is 5.75 Å². The molecule has 206 valence electrons. The van der Waals surface area contributed by atoms with Crippen LogP contribution >= 0.6 is 0 Å². The third-order valence-electron chi connectivity index (χ3n) is 7.64. The predicted molar refractivity (Wildman–Crippen MR) is 138 cm³/mol. The zero-order chi connectivity index (χ0) is 27.3. The van der Waals surface area contributed by atoms with E-state index in [0.717, 1.165) is 43.5 Å². The normalized spacial score (nSPS) is 16.5. The largest absolute Gasteiger partial charge is 0.497 e. The van der Waals surface area contributed by atoms with Gasteiger partial charge in [0.15, 0.2) is 17.5 Å². The lowest BCUT2D eigenvalue weighted by atomic mass is 9.74. The number of methoxy groups -OCH3 is 1. The van der Waals surface area contributed by atoms with Gasteiger partial charge in [-0.1, -0.05) is 0 Å². The Labute approximate surface area is 219 Å². The molecular weight excluding hydrogens is 499 g/mol. The molecule has 1 aromatic heterocycles. The summed E-state index contributed by atoms with van der Waals surface area (Å²) in [6.45, 7) is 2.24. The lowest BCUT2D eigenvalue weighted by molar-refractivity contribution is 0.0246. The molecule has 38 heavy (non-hydrogen) atoms. The third-order valence-corrected chi connectivity index (χ3v) is 7.64. The molecule has 0 bridgehead atoms. The monoisotopic (exact) mass is 533 g/mol. The van der Waals surface area contributed by atoms with Crippen LogP contribution in [-0.4, -0.2) is 65.1 Å². The summed E-state index contributed by atoms with van der Waals surface area (Å²) in [6.07, 6.45) is 3.20. The summed E-state index contributed by atoms with van der Waals surface area (Å²) in [7, 11) is 1.57. The summed E-state index contributed by atoms with van der Waals surface area (Å²) >= 11 is 0. The lowest BCUT2D eigenvalue weighted by Crippen LogP contribution is -2.43. The second-order valence-electron chi connectivity index (χ2n) is 9.97. The van der Waals surface area contributed by atoms with Crippen LogP contribution in [0.1, 0.15) is 42.9 Å². The Bertz CT molecular complexity index is 1220. The van der Waals surface area contributed by atoms with E-state index in [9.17, 15) is 28.5 Å². The Morgan fingerprint density at radius 1 is 1.11 bits per heavy atom. The van der Waals surface area contributed by atoms with Crippen LogP contribution in [0.5, 0.6) is 5.75 Å². The standard InChI is InChI=1S/C28H34F3N3O4/c1-38-20-2-3-24-21(14-20)26(18(16-35)15-33-24)25(37)4-5-28(17-36)6-9-34(10-7-28)11-8-32-19-12-22(29)27(31)23(30)13-19/h2-3,12-15,25,32,35-37H,4-11,16-17H2,1H3/t25-/m0/s1. The van der Waals surface area contributed by atoms with E-state index in [1.54, 1.807) is 19.4 Å². The summed E-state index contributed by atoms with van der Waals surface area (Å²) in [5.41, 5.74) is 1.72. The number of hydrogen-bond donors (Lipinski definition) is 4. The number of piperidine rings is 1. The van der Waals surface area contributed by atoms with E-state index in [4.69, 9.17) is 4.74 Å². The molecule has 1 atom stereocenters. The van der Waals surface area contributed by atoms with E-state index in [2.05, 4.69) is 15.2 Å². The van der Waals surface area contributed by atoms with Crippen molar-refractivity contribution in [2.24, 2.45) is 5.41 Å². The second-order valence-corrected chi connectivity index (χ2v) is 9.97. The molecule has 7 nitrogen and oxygen atoms in total. The molecule has 3 aromatic rings. The van der Waals surface area contributed by atoms with Crippen molar-refractivity contribution in [1.29, 1.82) is 0 Å². The van der Waals surface area contributed by atoms with Crippen LogP contribution in [0.4, 0.5) is 18.9 Å². The average molecular weight is 534 g/mol. The predicted octanol–water partition coefficient (Wildman–Crippen LogP) is 4.15. The van der Waals surface area contributed by atoms with Gasteiger partial charge in [0.2, 0.25) is 0 Å². The summed E-state index contributed by atoms with van der Waals surface area (Å²) in [5.74, 6) is -3.32. The molecule has 1 aliphatic heterocycles. The van der Waals surface area contributed by atoms with E-state index in [1.165, 1.54) is 0 Å². The number of likely N-dealkylation sites (tertiary alicyclic amines) is 1. The second kappa shape index (κ2) is 12.3. The molecule has 1 fully saturated rings. The fourth-order valence-electron chi connectivity index (χ4n) is 5.22. The molecule has 0 spiro atoms. The van der Waals surface area contributed by atoms with Crippen molar-refractivity contribution in [2.45, 2.75) is 38.4 Å². The highest BCUT2D eigenvalue weighted by Gasteiger charge is 2.34. The molecule has 4 N–H and O–H groups in total. The van der Waals surface area contributed by atoms with Crippen molar-refractivity contribution in [3.63, 3.8) is 0 Å². The van der Waals surface area contributed by atoms with Crippen LogP contribution < -0.4 is 10.1 Å². The number of aliphatic hydroxyl groups is 3. The zero-order valence-corrected chi connectivity index (χ0v) is 21.4. The number of halogens is 3. The maximum Gasteiger partial charge on any atom is 0.194 e. The van der Waals surface area contributed by atoms with Crippen LogP contribution in [0.25, 0.3) is 10.9 Å². The van der Waals surface area contributed by atoms with E-state index in [1.807, 2.05) is 12.1 Å². The molecule has 10 heteroatoms. The van der Waals surface area contributed by atoms with Gasteiger partial charge in [-0.15, -0.1) is 0 Å². The number of pyridine rings is 1. The smallest absolute Gasteiger partial charge is 0.194 e. The van der Waals surface area contributed by atoms with E-state index in [0.29, 0.717) is 48.3 Å². The molecule has 2 heterocycles. The van der Waals surface area contributed by atoms with Gasteiger partial charge in [0, 0.05) is 54.7 Å². The van der Waals surface area contributed by atoms with E-state index < -0.39 is 23.6 Å². The van der Waals surface area contributed by atoms with Gasteiger partial charge in [0.1, 0.15) is 5.75 Å². The van der Waals surface area contributed by atoms with Crippen molar-refractivity contribution in [1.82, 2.24) is 9.88 Å². The van der Waals surface area contributed by atoms with Crippen LogP contribution in [-0.2, 0) is 6.61 Å². The number of fused-ring (bicyclic) bond motifs is 1. The van der Waals surface area contributed by atoms with Crippen molar-refractivity contribution >= 4 is 16.6 Å². The van der Waals surface area contributed by atoms with Crippen LogP contribution in [0.3, 0.4) is 0 Å². The highest BCUT2D eigenvalue weighted by Crippen LogP contribution is 2.39. The van der Waals surface area contributed by atoms with E-state index >= 15 is 0 Å². The average Bonchev–Trinajstić information content (AvgIpc) is 2.94. The number of ether oxygens (including phenoxy) is 1. The molecule has 1 aliphatic rings. The first-order valence-corrected chi connectivity index (χ1v) is 12.8. The molecule has 0 amide bonds. The number of hydrogen-bond acceptors (Lipinski definition) is 7. The summed E-state index contributed by atoms with van der Waals surface area (Å²) < 4.78 is 45.3. The van der Waals surface area contributed by atoms with Crippen molar-refractivity contribution in [2.75, 3.05) is 45.2 Å². The summed E-state index contributed by atoms with van der Waals surface area (Å²) in [6, 6.07) is 7.28. The number of nitrogens with zero attached hydrogens (tertiary/aromatic N) is 2. The van der Waals surface area contributed by atoms with Gasteiger partial charge in [-0.2, -0.15) is 0 Å². The maximum absolute atomic E-state index is 13.4. The van der Waals surface area contributed by atoms with Crippen molar-refractivity contribution in [3.05, 3.63) is 65.1 Å². The van der Waals surface area contributed by atoms with Gasteiger partial charge in [0.05, 0.1) is 25.3 Å². The third kappa shape index (κ3) is 6.20. The quantitative estimate of drug-likeness (QED) is 0.275. The van der Waals surface area contributed by atoms with Crippen LogP contribution in [0.15, 0.2) is 36.5 Å². The summed E-state index contributed by atoms with van der Waals surface area (Å²) in [5, 5.41) is 35.0. The first-order valence-electron chi connectivity index (χ1n) is 12.8. The summed E-state index contributed by atoms with van der Waals surface area (Å²) in [4.78, 5) is 6.58. The van der Waals surface area contributed by atoms with Gasteiger partial charge < -0.3 is 30.3 Å². The van der Waals surface area contributed by atoms with Gasteiger partial charge in [-0.05, 0) is 68.0 Å². The fourth-order valence-corrected chi connectivity index (χ4v) is 5.22. The van der Waals surface area contributed by atoms with Crippen LogP contribution in [0.2, 0.25) is 0 Å². The molecule has 0 radical (unpaired) electrons. The molecule has 2 aromatic carbocycles. The van der Waals surface area contributed by atoms with Gasteiger partial charge >= 0.3 is 0 Å². The Kier molecular flexibility index (Phi) is 9.09. The number of aliphatic hydroxyl groups excluding tert-OH is 3. The Morgan fingerprint density at radius 3 is 2.45 bits per heavy atom. The van der Waals surface area contributed by atoms with Gasteiger partial charge in [-0.3, -0.25) is 4.98 Å². The van der Waals surface area contributed by atoms with Gasteiger partial charge in [0.25, 0.3) is 0 Å². The number of anilines is 1. The first-order chi connectivity index (χ1) is 18.3. The molecule has 4 rings (SSSR count). The first kappa shape index (κ1) is 28.1. The molecule has 0 saturated carbocycles.